The van der Waals surface area contributed by atoms with Gasteiger partial charge in [-0.2, -0.15) is 0 Å². The highest BCUT2D eigenvalue weighted by molar-refractivity contribution is 5.93. The Bertz CT molecular complexity index is 1620. The molecule has 4 aromatic rings. The van der Waals surface area contributed by atoms with E-state index < -0.39 is 0 Å². The van der Waals surface area contributed by atoms with Crippen LogP contribution in [0, 0.1) is 20.8 Å². The second-order valence-electron chi connectivity index (χ2n) is 8.83. The molecule has 0 spiro atoms. The van der Waals surface area contributed by atoms with Gasteiger partial charge in [0.25, 0.3) is 0 Å². The van der Waals surface area contributed by atoms with Gasteiger partial charge in [0.15, 0.2) is 0 Å². The van der Waals surface area contributed by atoms with Crippen molar-refractivity contribution in [2.45, 2.75) is 20.8 Å². The van der Waals surface area contributed by atoms with Crippen molar-refractivity contribution in [3.63, 3.8) is 0 Å². The molecule has 0 radical (unpaired) electrons. The molecular formula is C29H24N4. The summed E-state index contributed by atoms with van der Waals surface area (Å²) in [7, 11) is 0. The Kier molecular flexibility index (Phi) is 4.40. The minimum Gasteiger partial charge on any atom is -0.355 e. The molecule has 0 unspecified atom stereocenters. The summed E-state index contributed by atoms with van der Waals surface area (Å²) in [6.07, 6.45) is 8.28. The molecule has 0 atom stereocenters. The minimum absolute atomic E-state index is 0.928. The third-order valence-electron chi connectivity index (χ3n) is 6.15. The maximum absolute atomic E-state index is 5.02. The zero-order valence-corrected chi connectivity index (χ0v) is 18.9. The van der Waals surface area contributed by atoms with Crippen molar-refractivity contribution in [3.05, 3.63) is 94.1 Å². The Morgan fingerprint density at radius 3 is 1.76 bits per heavy atom. The van der Waals surface area contributed by atoms with Crippen LogP contribution in [0.25, 0.3) is 57.5 Å². The summed E-state index contributed by atoms with van der Waals surface area (Å²) in [6.45, 7) is 6.51. The summed E-state index contributed by atoms with van der Waals surface area (Å²) in [5, 5.41) is 0. The Hall–Kier alpha value is -4.18. The van der Waals surface area contributed by atoms with E-state index >= 15 is 0 Å². The van der Waals surface area contributed by atoms with Crippen molar-refractivity contribution >= 4 is 46.4 Å². The van der Waals surface area contributed by atoms with Gasteiger partial charge >= 0.3 is 0 Å². The normalized spacial score (nSPS) is 12.5. The molecule has 2 aliphatic rings. The van der Waals surface area contributed by atoms with Crippen LogP contribution < -0.4 is 0 Å². The van der Waals surface area contributed by atoms with Gasteiger partial charge in [-0.1, -0.05) is 17.7 Å². The lowest BCUT2D eigenvalue weighted by Gasteiger charge is -2.13. The van der Waals surface area contributed by atoms with Crippen molar-refractivity contribution in [2.24, 2.45) is 0 Å². The van der Waals surface area contributed by atoms with E-state index in [1.54, 1.807) is 0 Å². The molecule has 33 heavy (non-hydrogen) atoms. The van der Waals surface area contributed by atoms with E-state index in [0.29, 0.717) is 0 Å². The van der Waals surface area contributed by atoms with Gasteiger partial charge in [0.05, 0.1) is 22.8 Å². The molecule has 160 valence electrons. The second-order valence-corrected chi connectivity index (χ2v) is 8.83. The zero-order chi connectivity index (χ0) is 22.5. The van der Waals surface area contributed by atoms with Crippen molar-refractivity contribution in [3.8, 4) is 11.1 Å². The molecule has 3 aromatic heterocycles. The van der Waals surface area contributed by atoms with Crippen molar-refractivity contribution in [1.82, 2.24) is 19.9 Å². The average Bonchev–Trinajstić information content (AvgIpc) is 3.55. The lowest BCUT2D eigenvalue weighted by molar-refractivity contribution is 1.28. The number of fused-ring (bicyclic) bond motifs is 8. The maximum atomic E-state index is 5.02. The first kappa shape index (κ1) is 19.5. The summed E-state index contributed by atoms with van der Waals surface area (Å²) < 4.78 is 0. The number of hydrogen-bond donors (Lipinski definition) is 2. The molecule has 0 aliphatic carbocycles. The lowest BCUT2D eigenvalue weighted by atomic mass is 9.92. The van der Waals surface area contributed by atoms with E-state index in [0.717, 1.165) is 50.4 Å². The highest BCUT2D eigenvalue weighted by Gasteiger charge is 2.15. The number of H-pyrrole nitrogens is 2. The van der Waals surface area contributed by atoms with Crippen molar-refractivity contribution in [2.75, 3.05) is 0 Å². The highest BCUT2D eigenvalue weighted by atomic mass is 14.8. The summed E-state index contributed by atoms with van der Waals surface area (Å²) in [5.74, 6) is 0. The van der Waals surface area contributed by atoms with E-state index in [-0.39, 0.29) is 0 Å². The lowest BCUT2D eigenvalue weighted by Crippen LogP contribution is -1.93. The van der Waals surface area contributed by atoms with Crippen LogP contribution in [0.15, 0.2) is 54.6 Å². The van der Waals surface area contributed by atoms with Gasteiger partial charge in [0, 0.05) is 27.6 Å². The Labute approximate surface area is 192 Å². The van der Waals surface area contributed by atoms with E-state index in [9.17, 15) is 0 Å². The first-order valence-corrected chi connectivity index (χ1v) is 11.2. The zero-order valence-electron chi connectivity index (χ0n) is 18.9. The van der Waals surface area contributed by atoms with Crippen LogP contribution in [0.1, 0.15) is 39.5 Å². The number of hydrogen-bond acceptors (Lipinski definition) is 2. The smallest absolute Gasteiger partial charge is 0.0737 e. The number of aromatic nitrogens is 4. The molecule has 2 aliphatic heterocycles. The van der Waals surface area contributed by atoms with E-state index in [4.69, 9.17) is 9.97 Å². The standard InChI is InChI=1S/C29H24N4/c1-17-12-18(2)28(19(3)13-17)29-26-10-8-24(32-26)15-22-6-4-20(30-22)14-21-5-7-23(31-21)16-25-9-11-27(29)33-25/h4-16,30,33H,1-3H3. The van der Waals surface area contributed by atoms with Gasteiger partial charge in [-0.05, 0) is 104 Å². The van der Waals surface area contributed by atoms with Crippen LogP contribution >= 0.6 is 0 Å². The molecule has 2 N–H and O–H groups in total. The van der Waals surface area contributed by atoms with E-state index in [2.05, 4.69) is 97.5 Å². The Balaban J connectivity index is 1.75. The average molecular weight is 429 g/mol. The Morgan fingerprint density at radius 2 is 1.09 bits per heavy atom. The molecule has 0 fully saturated rings. The fourth-order valence-corrected chi connectivity index (χ4v) is 4.85. The molecule has 0 saturated carbocycles. The molecule has 4 heteroatoms. The van der Waals surface area contributed by atoms with Gasteiger partial charge in [0.1, 0.15) is 0 Å². The first-order valence-electron chi connectivity index (χ1n) is 11.2. The van der Waals surface area contributed by atoms with Crippen molar-refractivity contribution < 1.29 is 0 Å². The second kappa shape index (κ2) is 7.45. The molecule has 0 amide bonds. The molecule has 0 saturated heterocycles. The van der Waals surface area contributed by atoms with Crippen LogP contribution in [-0.4, -0.2) is 19.9 Å². The van der Waals surface area contributed by atoms with Gasteiger partial charge in [-0.3, -0.25) is 0 Å². The molecule has 4 nitrogen and oxygen atoms in total. The maximum Gasteiger partial charge on any atom is 0.0737 e. The van der Waals surface area contributed by atoms with Gasteiger partial charge in [-0.25, -0.2) is 9.97 Å². The SMILES string of the molecule is Cc1cc(C)c(-c2c3nc(cc4ccc(cc5nc(cc6ccc2[nH]6)C=C5)[nH]4)C=C3)c(C)c1. The number of benzene rings is 1. The molecule has 5 heterocycles. The predicted octanol–water partition coefficient (Wildman–Crippen LogP) is 7.25. The largest absolute Gasteiger partial charge is 0.355 e. The number of aryl methyl sites for hydroxylation is 3. The van der Waals surface area contributed by atoms with Crippen LogP contribution in [0.3, 0.4) is 0 Å². The number of rotatable bonds is 1. The molecular weight excluding hydrogens is 404 g/mol. The first-order chi connectivity index (χ1) is 16.0. The summed E-state index contributed by atoms with van der Waals surface area (Å²) in [4.78, 5) is 16.8. The Morgan fingerprint density at radius 1 is 0.545 bits per heavy atom. The highest BCUT2D eigenvalue weighted by Crippen LogP contribution is 2.35. The van der Waals surface area contributed by atoms with Crippen LogP contribution in [-0.2, 0) is 0 Å². The van der Waals surface area contributed by atoms with Gasteiger partial charge in [-0.15, -0.1) is 0 Å². The number of nitrogens with zero attached hydrogens (tertiary/aromatic N) is 2. The van der Waals surface area contributed by atoms with Gasteiger partial charge < -0.3 is 9.97 Å². The fraction of sp³-hybridized carbons (Fsp3) is 0.103. The van der Waals surface area contributed by atoms with Crippen LogP contribution in [0.4, 0.5) is 0 Å². The van der Waals surface area contributed by atoms with Crippen LogP contribution in [0.5, 0.6) is 0 Å². The van der Waals surface area contributed by atoms with E-state index in [1.807, 2.05) is 12.2 Å². The van der Waals surface area contributed by atoms with Crippen LogP contribution in [0.2, 0.25) is 0 Å². The topological polar surface area (TPSA) is 57.4 Å². The minimum atomic E-state index is 0.928. The fourth-order valence-electron chi connectivity index (χ4n) is 4.85. The monoisotopic (exact) mass is 428 g/mol. The molecule has 1 aromatic carbocycles. The summed E-state index contributed by atoms with van der Waals surface area (Å²) in [5.41, 5.74) is 14.0. The predicted molar refractivity (Wildman–Crippen MR) is 139 cm³/mol. The summed E-state index contributed by atoms with van der Waals surface area (Å²) >= 11 is 0. The third kappa shape index (κ3) is 3.60. The van der Waals surface area contributed by atoms with E-state index in [1.165, 1.54) is 22.3 Å². The summed E-state index contributed by atoms with van der Waals surface area (Å²) in [6, 6.07) is 19.1. The molecule has 8 bridgehead atoms. The van der Waals surface area contributed by atoms with Crippen molar-refractivity contribution in [1.29, 1.82) is 0 Å². The third-order valence-corrected chi connectivity index (χ3v) is 6.15. The number of aromatic amines is 2. The van der Waals surface area contributed by atoms with Gasteiger partial charge in [0.2, 0.25) is 0 Å². The molecule has 6 rings (SSSR count). The quantitative estimate of drug-likeness (QED) is 0.290. The number of nitrogens with one attached hydrogen (secondary N) is 2.